The maximum atomic E-state index is 13.0. The van der Waals surface area contributed by atoms with Crippen LogP contribution in [0.15, 0.2) is 71.4 Å². The minimum absolute atomic E-state index is 0.115. The zero-order valence-electron chi connectivity index (χ0n) is 34.1. The lowest BCUT2D eigenvalue weighted by molar-refractivity contribution is -0.123. The molecule has 13 nitrogen and oxygen atoms in total. The van der Waals surface area contributed by atoms with Crippen LogP contribution in [-0.2, 0) is 32.6 Å². The third-order valence-corrected chi connectivity index (χ3v) is 15.2. The molecule has 5 heterocycles. The van der Waals surface area contributed by atoms with Crippen LogP contribution in [0.2, 0.25) is 5.02 Å². The Kier molecular flexibility index (Phi) is 10.3. The molecule has 3 fully saturated rings. The number of sulfonamides is 1. The molecule has 4 N–H and O–H groups in total. The van der Waals surface area contributed by atoms with Crippen molar-refractivity contribution in [2.45, 2.75) is 82.7 Å². The second-order valence-electron chi connectivity index (χ2n) is 17.0. The first-order chi connectivity index (χ1) is 29.5. The van der Waals surface area contributed by atoms with Crippen molar-refractivity contribution in [3.63, 3.8) is 0 Å². The minimum atomic E-state index is -3.57. The number of anilines is 2. The van der Waals surface area contributed by atoms with E-state index in [-0.39, 0.29) is 29.8 Å². The number of hydrogen-bond acceptors (Lipinski definition) is 11. The Labute approximate surface area is 359 Å². The summed E-state index contributed by atoms with van der Waals surface area (Å²) < 4.78 is 33.8. The van der Waals surface area contributed by atoms with E-state index in [9.17, 15) is 18.0 Å². The lowest BCUT2D eigenvalue weighted by atomic mass is 9.97. The Morgan fingerprint density at radius 1 is 0.967 bits per heavy atom. The second kappa shape index (κ2) is 15.8. The second-order valence-corrected chi connectivity index (χ2v) is 19.3. The average Bonchev–Trinajstić information content (AvgIpc) is 3.52. The Morgan fingerprint density at radius 2 is 1.79 bits per heavy atom. The van der Waals surface area contributed by atoms with Crippen molar-refractivity contribution < 1.29 is 22.4 Å². The molecule has 0 spiro atoms. The van der Waals surface area contributed by atoms with Crippen LogP contribution in [0.1, 0.15) is 72.4 Å². The molecule has 2 saturated heterocycles. The van der Waals surface area contributed by atoms with Gasteiger partial charge in [0.15, 0.2) is 11.4 Å². The molecule has 1 saturated carbocycles. The van der Waals surface area contributed by atoms with Crippen LogP contribution < -0.4 is 20.7 Å². The molecule has 6 aromatic rings. The highest BCUT2D eigenvalue weighted by Gasteiger charge is 2.41. The van der Waals surface area contributed by atoms with Crippen LogP contribution in [0.3, 0.4) is 0 Å². The normalized spacial score (nSPS) is 20.4. The molecule has 10 rings (SSSR count). The number of rotatable bonds is 12. The number of amides is 2. The number of nitrogens with one attached hydrogen (secondary N) is 4. The van der Waals surface area contributed by atoms with E-state index < -0.39 is 15.3 Å². The number of carbonyl (C=O) groups excluding carboxylic acids is 2. The van der Waals surface area contributed by atoms with Crippen molar-refractivity contribution in [2.75, 3.05) is 25.0 Å². The third kappa shape index (κ3) is 7.64. The Bertz CT molecular complexity index is 2860. The Hall–Kier alpha value is -5.41. The van der Waals surface area contributed by atoms with Gasteiger partial charge in [0, 0.05) is 67.2 Å². The highest BCUT2D eigenvalue weighted by molar-refractivity contribution is 7.90. The van der Waals surface area contributed by atoms with Gasteiger partial charge in [-0.3, -0.25) is 24.2 Å². The van der Waals surface area contributed by atoms with Crippen LogP contribution >= 0.6 is 11.6 Å². The maximum absolute atomic E-state index is 13.0. The summed E-state index contributed by atoms with van der Waals surface area (Å²) in [4.78, 5) is 41.3. The van der Waals surface area contributed by atoms with E-state index >= 15 is 0 Å². The lowest BCUT2D eigenvalue weighted by Gasteiger charge is -2.25. The van der Waals surface area contributed by atoms with Gasteiger partial charge in [0.25, 0.3) is 0 Å². The summed E-state index contributed by atoms with van der Waals surface area (Å²) in [6.07, 6.45) is 8.76. The molecule has 3 aromatic carbocycles. The number of aromatic nitrogens is 3. The smallest absolute Gasteiger partial charge is 0.237 e. The standard InChI is InChI=1S/C46H47ClN8O5S/c1-25-32(5-4-8-37(25)52-44-42-28(15-17-49-44)19-27(22-50-42)21-48-23-30-9-14-40(56)51-30)34-6-3-7-35(41(34)47)46-53-38-20-36-33(26(2)43(38)60-46)12-13-39(36)55-18-16-29(24-55)45(57)54-61(58,59)31-10-11-31/h3-8,15,17,19-20,22,29-31,39,48H,9-14,16,18,21,23-24H2,1-2H3,(H,49,52)(H,51,56)(H,54,57)/t29-,30+,39-/m1/s1. The fourth-order valence-corrected chi connectivity index (χ4v) is 11.1. The predicted molar refractivity (Wildman–Crippen MR) is 236 cm³/mol. The van der Waals surface area contributed by atoms with Gasteiger partial charge in [0.2, 0.25) is 27.7 Å². The third-order valence-electron chi connectivity index (χ3n) is 12.9. The molecular weight excluding hydrogens is 812 g/mol. The summed E-state index contributed by atoms with van der Waals surface area (Å²) in [5.74, 6) is 0.465. The molecule has 15 heteroatoms. The van der Waals surface area contributed by atoms with Gasteiger partial charge in [-0.05, 0) is 123 Å². The molecule has 2 aliphatic carbocycles. The zero-order chi connectivity index (χ0) is 42.0. The maximum Gasteiger partial charge on any atom is 0.237 e. The number of fused-ring (bicyclic) bond motifs is 3. The predicted octanol–water partition coefficient (Wildman–Crippen LogP) is 7.40. The van der Waals surface area contributed by atoms with Crippen molar-refractivity contribution in [1.82, 2.24) is 35.2 Å². The van der Waals surface area contributed by atoms with E-state index in [1.165, 1.54) is 11.1 Å². The van der Waals surface area contributed by atoms with E-state index in [0.717, 1.165) is 87.9 Å². The zero-order valence-corrected chi connectivity index (χ0v) is 35.6. The van der Waals surface area contributed by atoms with Crippen molar-refractivity contribution in [3.05, 3.63) is 99.8 Å². The first-order valence-corrected chi connectivity index (χ1v) is 23.0. The average molecular weight is 859 g/mol. The topological polar surface area (TPSA) is 171 Å². The monoisotopic (exact) mass is 858 g/mol. The lowest BCUT2D eigenvalue weighted by Crippen LogP contribution is -2.38. The molecule has 4 aliphatic rings. The van der Waals surface area contributed by atoms with Gasteiger partial charge in [0.05, 0.1) is 21.8 Å². The fraction of sp³-hybridized carbons (Fsp3) is 0.370. The molecule has 2 amide bonds. The fourth-order valence-electron chi connectivity index (χ4n) is 9.43. The summed E-state index contributed by atoms with van der Waals surface area (Å²) in [6, 6.07) is 18.4. The Balaban J connectivity index is 0.870. The number of oxazole rings is 1. The van der Waals surface area contributed by atoms with Crippen LogP contribution in [0.5, 0.6) is 0 Å². The van der Waals surface area contributed by atoms with E-state index in [1.54, 1.807) is 6.20 Å². The van der Waals surface area contributed by atoms with Gasteiger partial charge in [-0.2, -0.15) is 0 Å². The number of aryl methyl sites for hydroxylation is 1. The van der Waals surface area contributed by atoms with Crippen LogP contribution in [0.25, 0.3) is 44.6 Å². The SMILES string of the molecule is Cc1c(Nc2nccc3cc(CNC[C@@H]4CCC(=O)N4)cnc23)cccc1-c1cccc(-c2nc3cc4c(c(C)c3o2)CC[C@H]4N2CC[C@@H](C(=O)NS(=O)(=O)C3CC3)C2)c1Cl. The van der Waals surface area contributed by atoms with Crippen molar-refractivity contribution in [1.29, 1.82) is 0 Å². The van der Waals surface area contributed by atoms with Gasteiger partial charge in [-0.1, -0.05) is 35.9 Å². The van der Waals surface area contributed by atoms with Crippen LogP contribution in [0.4, 0.5) is 11.5 Å². The summed E-state index contributed by atoms with van der Waals surface area (Å²) in [5.41, 5.74) is 11.1. The van der Waals surface area contributed by atoms with E-state index in [4.69, 9.17) is 26.0 Å². The molecule has 0 radical (unpaired) electrons. The highest BCUT2D eigenvalue weighted by Crippen LogP contribution is 2.45. The first kappa shape index (κ1) is 39.7. The Morgan fingerprint density at radius 3 is 2.61 bits per heavy atom. The molecular formula is C46H47ClN8O5S. The number of hydrogen-bond donors (Lipinski definition) is 4. The van der Waals surface area contributed by atoms with Crippen molar-refractivity contribution in [3.8, 4) is 22.6 Å². The van der Waals surface area contributed by atoms with Gasteiger partial charge < -0.3 is 20.4 Å². The van der Waals surface area contributed by atoms with Crippen LogP contribution in [0, 0.1) is 19.8 Å². The highest BCUT2D eigenvalue weighted by atomic mass is 35.5. The molecule has 3 aromatic heterocycles. The van der Waals surface area contributed by atoms with Crippen molar-refractivity contribution >= 4 is 66.9 Å². The molecule has 3 atom stereocenters. The van der Waals surface area contributed by atoms with Gasteiger partial charge in [0.1, 0.15) is 11.0 Å². The molecule has 2 aliphatic heterocycles. The van der Waals surface area contributed by atoms with E-state index in [2.05, 4.69) is 62.6 Å². The number of halogens is 1. The van der Waals surface area contributed by atoms with Gasteiger partial charge in [-0.25, -0.2) is 18.4 Å². The largest absolute Gasteiger partial charge is 0.436 e. The van der Waals surface area contributed by atoms with Crippen LogP contribution in [-0.4, -0.2) is 71.0 Å². The van der Waals surface area contributed by atoms with E-state index in [0.29, 0.717) is 61.1 Å². The van der Waals surface area contributed by atoms with E-state index in [1.807, 2.05) is 42.6 Å². The van der Waals surface area contributed by atoms with Gasteiger partial charge >= 0.3 is 0 Å². The first-order valence-electron chi connectivity index (χ1n) is 21.1. The van der Waals surface area contributed by atoms with Gasteiger partial charge in [-0.15, -0.1) is 0 Å². The number of nitrogens with zero attached hydrogens (tertiary/aromatic N) is 4. The number of carbonyl (C=O) groups is 2. The minimum Gasteiger partial charge on any atom is -0.436 e. The number of benzene rings is 3. The number of pyridine rings is 2. The molecule has 0 bridgehead atoms. The molecule has 314 valence electrons. The summed E-state index contributed by atoms with van der Waals surface area (Å²) >= 11 is 7.27. The summed E-state index contributed by atoms with van der Waals surface area (Å²) in [6.45, 7) is 6.75. The van der Waals surface area contributed by atoms with Crippen molar-refractivity contribution in [2.24, 2.45) is 5.92 Å². The number of likely N-dealkylation sites (tertiary alicyclic amines) is 1. The molecule has 0 unspecified atom stereocenters. The quantitative estimate of drug-likeness (QED) is 0.0967. The molecule has 61 heavy (non-hydrogen) atoms. The summed E-state index contributed by atoms with van der Waals surface area (Å²) in [5, 5.41) is 11.0. The summed E-state index contributed by atoms with van der Waals surface area (Å²) in [7, 11) is -3.57.